The quantitative estimate of drug-likeness (QED) is 0.741. The fourth-order valence-corrected chi connectivity index (χ4v) is 3.14. The molecule has 120 valence electrons. The normalized spacial score (nSPS) is 19.3. The predicted octanol–water partition coefficient (Wildman–Crippen LogP) is 2.07. The van der Waals surface area contributed by atoms with Crippen LogP contribution < -0.4 is 0 Å². The Labute approximate surface area is 134 Å². The van der Waals surface area contributed by atoms with E-state index in [1.165, 1.54) is 6.42 Å². The Hall–Kier alpha value is -2.41. The molecule has 1 aliphatic rings. The van der Waals surface area contributed by atoms with Crippen LogP contribution in [0.15, 0.2) is 35.2 Å². The van der Waals surface area contributed by atoms with Crippen molar-refractivity contribution in [1.82, 2.24) is 29.4 Å². The van der Waals surface area contributed by atoms with Gasteiger partial charge in [-0.1, -0.05) is 0 Å². The van der Waals surface area contributed by atoms with Crippen LogP contribution in [-0.4, -0.2) is 49.6 Å². The first-order valence-corrected chi connectivity index (χ1v) is 7.89. The molecule has 7 nitrogen and oxygen atoms in total. The molecule has 0 radical (unpaired) electrons. The highest BCUT2D eigenvalue weighted by molar-refractivity contribution is 5.50. The molecule has 0 amide bonds. The van der Waals surface area contributed by atoms with Gasteiger partial charge in [0.15, 0.2) is 17.4 Å². The molecule has 3 aromatic heterocycles. The Bertz CT molecular complexity index is 787. The molecule has 23 heavy (non-hydrogen) atoms. The molecule has 0 N–H and O–H groups in total. The van der Waals surface area contributed by atoms with Gasteiger partial charge in [0.1, 0.15) is 5.69 Å². The zero-order chi connectivity index (χ0) is 15.8. The Kier molecular flexibility index (Phi) is 3.49. The van der Waals surface area contributed by atoms with Crippen molar-refractivity contribution in [3.05, 3.63) is 36.6 Å². The number of piperidine rings is 1. The molecule has 0 aliphatic carbocycles. The smallest absolute Gasteiger partial charge is 0.199 e. The number of likely N-dealkylation sites (tertiary alicyclic amines) is 1. The van der Waals surface area contributed by atoms with Crippen molar-refractivity contribution in [1.29, 1.82) is 0 Å². The van der Waals surface area contributed by atoms with Gasteiger partial charge in [0, 0.05) is 19.5 Å². The van der Waals surface area contributed by atoms with E-state index < -0.39 is 0 Å². The summed E-state index contributed by atoms with van der Waals surface area (Å²) < 4.78 is 9.14. The van der Waals surface area contributed by atoms with Crippen molar-refractivity contribution in [2.75, 3.05) is 20.1 Å². The van der Waals surface area contributed by atoms with Crippen molar-refractivity contribution in [2.24, 2.45) is 7.05 Å². The minimum absolute atomic E-state index is 0.361. The third kappa shape index (κ3) is 2.68. The van der Waals surface area contributed by atoms with Crippen molar-refractivity contribution < 1.29 is 4.42 Å². The first kappa shape index (κ1) is 14.2. The van der Waals surface area contributed by atoms with Gasteiger partial charge in [0.05, 0.1) is 18.7 Å². The zero-order valence-corrected chi connectivity index (χ0v) is 13.4. The maximum atomic E-state index is 5.55. The van der Waals surface area contributed by atoms with Crippen LogP contribution in [0.3, 0.4) is 0 Å². The Morgan fingerprint density at radius 1 is 1.30 bits per heavy atom. The second kappa shape index (κ2) is 5.66. The highest BCUT2D eigenvalue weighted by Crippen LogP contribution is 2.28. The molecule has 3 aromatic rings. The molecule has 0 aromatic carbocycles. The lowest BCUT2D eigenvalue weighted by atomic mass is 9.98. The van der Waals surface area contributed by atoms with Gasteiger partial charge in [-0.2, -0.15) is 10.2 Å². The lowest BCUT2D eigenvalue weighted by Crippen LogP contribution is -2.31. The van der Waals surface area contributed by atoms with Crippen molar-refractivity contribution in [3.63, 3.8) is 0 Å². The number of furan rings is 1. The van der Waals surface area contributed by atoms with Crippen LogP contribution in [0.1, 0.15) is 24.6 Å². The van der Waals surface area contributed by atoms with Gasteiger partial charge in [0.2, 0.25) is 0 Å². The van der Waals surface area contributed by atoms with Crippen LogP contribution in [0.25, 0.3) is 17.3 Å². The van der Waals surface area contributed by atoms with Gasteiger partial charge in [-0.3, -0.25) is 4.68 Å². The predicted molar refractivity (Wildman–Crippen MR) is 85.3 cm³/mol. The molecule has 0 saturated carbocycles. The lowest BCUT2D eigenvalue weighted by Gasteiger charge is -2.27. The Morgan fingerprint density at radius 2 is 2.22 bits per heavy atom. The average Bonchev–Trinajstić information content (AvgIpc) is 3.26. The van der Waals surface area contributed by atoms with E-state index in [1.807, 2.05) is 30.1 Å². The van der Waals surface area contributed by atoms with Gasteiger partial charge in [-0.15, -0.1) is 0 Å². The second-order valence-electron chi connectivity index (χ2n) is 6.16. The summed E-state index contributed by atoms with van der Waals surface area (Å²) in [7, 11) is 4.04. The molecule has 1 unspecified atom stereocenters. The molecular formula is C16H20N6O. The summed E-state index contributed by atoms with van der Waals surface area (Å²) in [5.41, 5.74) is 0.891. The summed E-state index contributed by atoms with van der Waals surface area (Å²) in [5, 5.41) is 9.01. The van der Waals surface area contributed by atoms with E-state index in [-0.39, 0.29) is 0 Å². The molecule has 7 heteroatoms. The summed E-state index contributed by atoms with van der Waals surface area (Å²) in [6.45, 7) is 2.14. The maximum absolute atomic E-state index is 5.55. The molecule has 1 aliphatic heterocycles. The van der Waals surface area contributed by atoms with E-state index in [4.69, 9.17) is 14.5 Å². The molecule has 1 fully saturated rings. The standard InChI is InChI=1S/C16H20N6O/c1-20-7-3-5-12(10-20)15-18-16(14-6-4-8-23-14)22(19-15)13-9-17-21(2)11-13/h4,6,8-9,11-12H,3,5,7,10H2,1-2H3. The number of hydrogen-bond donors (Lipinski definition) is 0. The molecule has 4 heterocycles. The third-order valence-corrected chi connectivity index (χ3v) is 4.29. The molecule has 1 atom stereocenters. The van der Waals surface area contributed by atoms with Gasteiger partial charge >= 0.3 is 0 Å². The summed E-state index contributed by atoms with van der Waals surface area (Å²) in [6.07, 6.45) is 7.68. The first-order valence-electron chi connectivity index (χ1n) is 7.89. The first-order chi connectivity index (χ1) is 11.2. The SMILES string of the molecule is CN1CCCC(c2nc(-c3ccco3)n(-c3cnn(C)c3)n2)C1. The van der Waals surface area contributed by atoms with Crippen molar-refractivity contribution >= 4 is 0 Å². The monoisotopic (exact) mass is 312 g/mol. The number of aromatic nitrogens is 5. The molecule has 0 spiro atoms. The highest BCUT2D eigenvalue weighted by Gasteiger charge is 2.25. The van der Waals surface area contributed by atoms with Crippen LogP contribution in [-0.2, 0) is 7.05 Å². The van der Waals surface area contributed by atoms with E-state index in [1.54, 1.807) is 17.1 Å². The summed E-state index contributed by atoms with van der Waals surface area (Å²) in [4.78, 5) is 7.13. The van der Waals surface area contributed by atoms with Crippen molar-refractivity contribution in [2.45, 2.75) is 18.8 Å². The van der Waals surface area contributed by atoms with Gasteiger partial charge < -0.3 is 9.32 Å². The number of hydrogen-bond acceptors (Lipinski definition) is 5. The molecule has 1 saturated heterocycles. The fraction of sp³-hybridized carbons (Fsp3) is 0.438. The molecular weight excluding hydrogens is 292 g/mol. The number of aryl methyl sites for hydroxylation is 1. The Balaban J connectivity index is 1.77. The van der Waals surface area contributed by atoms with Crippen LogP contribution in [0.4, 0.5) is 0 Å². The van der Waals surface area contributed by atoms with Crippen molar-refractivity contribution in [3.8, 4) is 17.3 Å². The number of nitrogens with zero attached hydrogens (tertiary/aromatic N) is 6. The largest absolute Gasteiger partial charge is 0.461 e. The Morgan fingerprint density at radius 3 is 2.91 bits per heavy atom. The topological polar surface area (TPSA) is 64.9 Å². The zero-order valence-electron chi connectivity index (χ0n) is 13.4. The summed E-state index contributed by atoms with van der Waals surface area (Å²) in [6, 6.07) is 3.78. The number of rotatable bonds is 3. The minimum Gasteiger partial charge on any atom is -0.461 e. The molecule has 0 bridgehead atoms. The second-order valence-corrected chi connectivity index (χ2v) is 6.16. The van der Waals surface area contributed by atoms with Crippen LogP contribution in [0.2, 0.25) is 0 Å². The fourth-order valence-electron chi connectivity index (χ4n) is 3.14. The minimum atomic E-state index is 0.361. The van der Waals surface area contributed by atoms with Crippen LogP contribution >= 0.6 is 0 Å². The highest BCUT2D eigenvalue weighted by atomic mass is 16.3. The van der Waals surface area contributed by atoms with Crippen LogP contribution in [0.5, 0.6) is 0 Å². The van der Waals surface area contributed by atoms with Gasteiger partial charge in [-0.25, -0.2) is 9.67 Å². The van der Waals surface area contributed by atoms with E-state index in [0.717, 1.165) is 42.6 Å². The molecule has 4 rings (SSSR count). The van der Waals surface area contributed by atoms with E-state index in [2.05, 4.69) is 17.0 Å². The van der Waals surface area contributed by atoms with Crippen LogP contribution in [0, 0.1) is 0 Å². The van der Waals surface area contributed by atoms with Gasteiger partial charge in [-0.05, 0) is 38.6 Å². The summed E-state index contributed by atoms with van der Waals surface area (Å²) in [5.74, 6) is 2.69. The maximum Gasteiger partial charge on any atom is 0.199 e. The van der Waals surface area contributed by atoms with Gasteiger partial charge in [0.25, 0.3) is 0 Å². The lowest BCUT2D eigenvalue weighted by molar-refractivity contribution is 0.246. The van der Waals surface area contributed by atoms with E-state index >= 15 is 0 Å². The summed E-state index contributed by atoms with van der Waals surface area (Å²) >= 11 is 0. The van der Waals surface area contributed by atoms with E-state index in [0.29, 0.717) is 5.92 Å². The van der Waals surface area contributed by atoms with E-state index in [9.17, 15) is 0 Å². The average molecular weight is 312 g/mol. The number of likely N-dealkylation sites (N-methyl/N-ethyl adjacent to an activating group) is 1. The third-order valence-electron chi connectivity index (χ3n) is 4.29.